The zero-order valence-corrected chi connectivity index (χ0v) is 13.3. The Kier molecular flexibility index (Phi) is 6.60. The summed E-state index contributed by atoms with van der Waals surface area (Å²) in [7, 11) is -3.34. The Morgan fingerprint density at radius 1 is 1.40 bits per heavy atom. The van der Waals surface area contributed by atoms with Gasteiger partial charge in [0.25, 0.3) is 0 Å². The number of thioether (sulfide) groups is 1. The van der Waals surface area contributed by atoms with E-state index >= 15 is 0 Å². The lowest BCUT2D eigenvalue weighted by Crippen LogP contribution is -2.54. The van der Waals surface area contributed by atoms with Gasteiger partial charge in [0.2, 0.25) is 0 Å². The Morgan fingerprint density at radius 3 is 2.70 bits per heavy atom. The molecule has 0 radical (unpaired) electrons. The van der Waals surface area contributed by atoms with E-state index in [0.29, 0.717) is 18.1 Å². The van der Waals surface area contributed by atoms with Crippen LogP contribution in [-0.4, -0.2) is 67.6 Å². The molecule has 0 spiro atoms. The molecule has 9 heteroatoms. The molecule has 1 aliphatic heterocycles. The summed E-state index contributed by atoms with van der Waals surface area (Å²) in [6.07, 6.45) is 0. The number of hydrogen-bond donors (Lipinski definition) is 1. The maximum Gasteiger partial charge on any atom is 0.325 e. The molecule has 1 unspecified atom stereocenters. The molecule has 20 heavy (non-hydrogen) atoms. The van der Waals surface area contributed by atoms with E-state index < -0.39 is 27.2 Å². The van der Waals surface area contributed by atoms with Crippen LogP contribution in [0.2, 0.25) is 0 Å². The highest BCUT2D eigenvalue weighted by atomic mass is 32.2. The fourth-order valence-electron chi connectivity index (χ4n) is 1.76. The van der Waals surface area contributed by atoms with Crippen LogP contribution >= 0.6 is 11.8 Å². The third-order valence-electron chi connectivity index (χ3n) is 2.85. The van der Waals surface area contributed by atoms with E-state index in [1.54, 1.807) is 13.8 Å². The molecule has 0 saturated carbocycles. The lowest BCUT2D eigenvalue weighted by Gasteiger charge is -2.34. The van der Waals surface area contributed by atoms with Gasteiger partial charge in [-0.05, 0) is 6.92 Å². The molecule has 116 valence electrons. The fourth-order valence-corrected chi connectivity index (χ4v) is 4.73. The van der Waals surface area contributed by atoms with Gasteiger partial charge in [-0.2, -0.15) is 11.8 Å². The van der Waals surface area contributed by atoms with Crippen LogP contribution in [0.5, 0.6) is 0 Å². The fraction of sp³-hybridized carbons (Fsp3) is 0.818. The molecule has 1 aliphatic rings. The highest BCUT2D eigenvalue weighted by Gasteiger charge is 2.35. The van der Waals surface area contributed by atoms with Crippen molar-refractivity contribution in [3.8, 4) is 0 Å². The summed E-state index contributed by atoms with van der Waals surface area (Å²) >= 11 is 1.51. The van der Waals surface area contributed by atoms with Crippen molar-refractivity contribution in [2.24, 2.45) is 0 Å². The van der Waals surface area contributed by atoms with E-state index in [1.165, 1.54) is 16.7 Å². The van der Waals surface area contributed by atoms with E-state index in [2.05, 4.69) is 5.32 Å². The van der Waals surface area contributed by atoms with Crippen LogP contribution in [-0.2, 0) is 19.4 Å². The van der Waals surface area contributed by atoms with Crippen molar-refractivity contribution in [2.75, 3.05) is 37.0 Å². The van der Waals surface area contributed by atoms with Crippen LogP contribution in [0.4, 0.5) is 4.79 Å². The largest absolute Gasteiger partial charge is 0.465 e. The first kappa shape index (κ1) is 17.1. The van der Waals surface area contributed by atoms with Crippen molar-refractivity contribution in [3.05, 3.63) is 0 Å². The van der Waals surface area contributed by atoms with Crippen LogP contribution < -0.4 is 5.32 Å². The number of urea groups is 1. The number of esters is 1. The monoisotopic (exact) mass is 324 g/mol. The molecule has 7 nitrogen and oxygen atoms in total. The molecule has 1 rings (SSSR count). The summed E-state index contributed by atoms with van der Waals surface area (Å²) in [5.74, 6) is 0.493. The molecule has 0 aliphatic carbocycles. The third-order valence-corrected chi connectivity index (χ3v) is 6.14. The van der Waals surface area contributed by atoms with E-state index in [-0.39, 0.29) is 18.9 Å². The molecule has 0 aromatic carbocycles. The van der Waals surface area contributed by atoms with Crippen molar-refractivity contribution in [2.45, 2.75) is 19.2 Å². The van der Waals surface area contributed by atoms with Gasteiger partial charge in [-0.25, -0.2) is 13.2 Å². The average molecular weight is 324 g/mol. The summed E-state index contributed by atoms with van der Waals surface area (Å²) in [6, 6.07) is -0.541. The van der Waals surface area contributed by atoms with Crippen LogP contribution in [0.25, 0.3) is 0 Å². The van der Waals surface area contributed by atoms with Gasteiger partial charge in [-0.3, -0.25) is 4.79 Å². The standard InChI is InChI=1S/C11H20N2O5S2/c1-3-18-10(14)7-12-11(15)13-5-6-19-8-9(13)20(16,17)4-2/h9H,3-8H2,1-2H3,(H,12,15). The van der Waals surface area contributed by atoms with Gasteiger partial charge >= 0.3 is 12.0 Å². The first-order chi connectivity index (χ1) is 9.42. The van der Waals surface area contributed by atoms with E-state index in [0.717, 1.165) is 0 Å². The van der Waals surface area contributed by atoms with Crippen molar-refractivity contribution < 1.29 is 22.7 Å². The number of sulfone groups is 1. The van der Waals surface area contributed by atoms with E-state index in [1.807, 2.05) is 0 Å². The second kappa shape index (κ2) is 7.72. The van der Waals surface area contributed by atoms with Crippen LogP contribution in [0.15, 0.2) is 0 Å². The molecule has 0 aromatic rings. The van der Waals surface area contributed by atoms with Gasteiger partial charge in [0.1, 0.15) is 11.9 Å². The maximum absolute atomic E-state index is 12.0. The summed E-state index contributed by atoms with van der Waals surface area (Å²) < 4.78 is 28.7. The van der Waals surface area contributed by atoms with Gasteiger partial charge < -0.3 is 15.0 Å². The SMILES string of the molecule is CCOC(=O)CNC(=O)N1CCSCC1S(=O)(=O)CC. The summed E-state index contributed by atoms with van der Waals surface area (Å²) in [4.78, 5) is 24.5. The topological polar surface area (TPSA) is 92.8 Å². The van der Waals surface area contributed by atoms with Crippen LogP contribution in [0.3, 0.4) is 0 Å². The molecule has 1 heterocycles. The Bertz CT molecular complexity index is 452. The minimum Gasteiger partial charge on any atom is -0.465 e. The van der Waals surface area contributed by atoms with Crippen LogP contribution in [0, 0.1) is 0 Å². The molecule has 1 saturated heterocycles. The third kappa shape index (κ3) is 4.55. The number of rotatable bonds is 5. The predicted molar refractivity (Wildman–Crippen MR) is 77.3 cm³/mol. The van der Waals surface area contributed by atoms with Gasteiger partial charge in [-0.15, -0.1) is 0 Å². The van der Waals surface area contributed by atoms with Gasteiger partial charge in [-0.1, -0.05) is 6.92 Å². The zero-order valence-electron chi connectivity index (χ0n) is 11.6. The van der Waals surface area contributed by atoms with Crippen LogP contribution in [0.1, 0.15) is 13.8 Å². The molecule has 2 amide bonds. The summed E-state index contributed by atoms with van der Waals surface area (Å²) in [5.41, 5.74) is 0. The summed E-state index contributed by atoms with van der Waals surface area (Å²) in [6.45, 7) is 3.56. The maximum atomic E-state index is 12.0. The first-order valence-corrected chi connectivity index (χ1v) is 9.28. The Balaban J connectivity index is 2.66. The lowest BCUT2D eigenvalue weighted by atomic mass is 10.5. The van der Waals surface area contributed by atoms with Crippen molar-refractivity contribution in [1.82, 2.24) is 10.2 Å². The Labute approximate surface area is 123 Å². The highest BCUT2D eigenvalue weighted by Crippen LogP contribution is 2.21. The molecule has 1 atom stereocenters. The molecule has 1 N–H and O–H groups in total. The Morgan fingerprint density at radius 2 is 2.10 bits per heavy atom. The van der Waals surface area contributed by atoms with E-state index in [4.69, 9.17) is 4.74 Å². The highest BCUT2D eigenvalue weighted by molar-refractivity contribution is 8.01. The van der Waals surface area contributed by atoms with E-state index in [9.17, 15) is 18.0 Å². The minimum absolute atomic E-state index is 0.0140. The molecular weight excluding hydrogens is 304 g/mol. The quantitative estimate of drug-likeness (QED) is 0.719. The number of nitrogens with one attached hydrogen (secondary N) is 1. The smallest absolute Gasteiger partial charge is 0.325 e. The predicted octanol–water partition coefficient (Wildman–Crippen LogP) is 0.0687. The number of nitrogens with zero attached hydrogens (tertiary/aromatic N) is 1. The van der Waals surface area contributed by atoms with Crippen molar-refractivity contribution in [3.63, 3.8) is 0 Å². The minimum atomic E-state index is -3.34. The van der Waals surface area contributed by atoms with Gasteiger partial charge in [0.15, 0.2) is 9.84 Å². The second-order valence-corrected chi connectivity index (χ2v) is 7.74. The van der Waals surface area contributed by atoms with Crippen molar-refractivity contribution in [1.29, 1.82) is 0 Å². The number of ether oxygens (including phenoxy) is 1. The average Bonchev–Trinajstić information content (AvgIpc) is 2.45. The number of amides is 2. The number of hydrogen-bond acceptors (Lipinski definition) is 6. The molecule has 0 bridgehead atoms. The van der Waals surface area contributed by atoms with Crippen molar-refractivity contribution >= 4 is 33.6 Å². The first-order valence-electron chi connectivity index (χ1n) is 6.41. The molecule has 0 aromatic heterocycles. The number of carbonyl (C=O) groups excluding carboxylic acids is 2. The summed E-state index contributed by atoms with van der Waals surface area (Å²) in [5, 5.41) is 1.58. The molecule has 1 fully saturated rings. The normalized spacial score (nSPS) is 19.5. The van der Waals surface area contributed by atoms with Gasteiger partial charge in [0.05, 0.1) is 6.61 Å². The zero-order chi connectivity index (χ0) is 15.2. The lowest BCUT2D eigenvalue weighted by molar-refractivity contribution is -0.141. The van der Waals surface area contributed by atoms with Gasteiger partial charge in [0, 0.05) is 23.8 Å². The molecular formula is C11H20N2O5S2. The Hall–Kier alpha value is -0.960. The number of carbonyl (C=O) groups is 2. The second-order valence-electron chi connectivity index (χ2n) is 4.14.